The van der Waals surface area contributed by atoms with E-state index in [-0.39, 0.29) is 36.2 Å². The molecule has 0 atom stereocenters. The highest BCUT2D eigenvalue weighted by atomic mass is 32.2. The lowest BCUT2D eigenvalue weighted by molar-refractivity contribution is -0.129. The third-order valence-electron chi connectivity index (χ3n) is 3.95. The van der Waals surface area contributed by atoms with Crippen LogP contribution in [0.5, 0.6) is 0 Å². The Morgan fingerprint density at radius 1 is 1.08 bits per heavy atom. The van der Waals surface area contributed by atoms with Crippen LogP contribution in [-0.4, -0.2) is 62.2 Å². The zero-order valence-electron chi connectivity index (χ0n) is 13.8. The summed E-state index contributed by atoms with van der Waals surface area (Å²) in [5.41, 5.74) is 0. The molecule has 7 nitrogen and oxygen atoms in total. The number of sulfonamides is 1. The molecule has 0 bridgehead atoms. The van der Waals surface area contributed by atoms with Crippen LogP contribution in [0.25, 0.3) is 0 Å². The van der Waals surface area contributed by atoms with Crippen LogP contribution >= 0.6 is 0 Å². The van der Waals surface area contributed by atoms with E-state index < -0.39 is 10.0 Å². The number of carbonyl (C=O) groups excluding carboxylic acids is 2. The number of benzene rings is 1. The van der Waals surface area contributed by atoms with E-state index in [1.807, 2.05) is 0 Å². The Bertz CT molecular complexity index is 676. The van der Waals surface area contributed by atoms with E-state index >= 15 is 0 Å². The maximum Gasteiger partial charge on any atom is 0.243 e. The number of nitrogens with one attached hydrogen (secondary N) is 1. The van der Waals surface area contributed by atoms with Crippen molar-refractivity contribution >= 4 is 21.8 Å². The molecular formula is C16H23N3O4S. The van der Waals surface area contributed by atoms with Crippen molar-refractivity contribution in [2.75, 3.05) is 32.7 Å². The van der Waals surface area contributed by atoms with Gasteiger partial charge in [-0.2, -0.15) is 4.31 Å². The van der Waals surface area contributed by atoms with E-state index in [2.05, 4.69) is 5.32 Å². The summed E-state index contributed by atoms with van der Waals surface area (Å²) in [5.74, 6) is -0.297. The van der Waals surface area contributed by atoms with Gasteiger partial charge in [-0.15, -0.1) is 0 Å². The first-order chi connectivity index (χ1) is 11.4. The maximum absolute atomic E-state index is 12.8. The summed E-state index contributed by atoms with van der Waals surface area (Å²) in [6, 6.07) is 8.18. The highest BCUT2D eigenvalue weighted by molar-refractivity contribution is 7.89. The lowest BCUT2D eigenvalue weighted by Crippen LogP contribution is -2.37. The predicted octanol–water partition coefficient (Wildman–Crippen LogP) is 0.436. The van der Waals surface area contributed by atoms with Gasteiger partial charge < -0.3 is 10.2 Å². The molecule has 1 aliphatic rings. The minimum atomic E-state index is -3.65. The summed E-state index contributed by atoms with van der Waals surface area (Å²) < 4.78 is 26.9. The molecule has 2 amide bonds. The van der Waals surface area contributed by atoms with E-state index in [4.69, 9.17) is 0 Å². The fourth-order valence-electron chi connectivity index (χ4n) is 2.60. The molecule has 0 radical (unpaired) electrons. The van der Waals surface area contributed by atoms with Gasteiger partial charge in [0.25, 0.3) is 0 Å². The van der Waals surface area contributed by atoms with E-state index in [0.29, 0.717) is 26.1 Å². The van der Waals surface area contributed by atoms with Crippen LogP contribution in [0.15, 0.2) is 35.2 Å². The van der Waals surface area contributed by atoms with Gasteiger partial charge in [-0.05, 0) is 18.6 Å². The monoisotopic (exact) mass is 353 g/mol. The molecule has 8 heteroatoms. The molecule has 1 fully saturated rings. The number of hydrogen-bond donors (Lipinski definition) is 1. The van der Waals surface area contributed by atoms with Crippen LogP contribution in [0.3, 0.4) is 0 Å². The maximum atomic E-state index is 12.8. The molecule has 0 aliphatic carbocycles. The van der Waals surface area contributed by atoms with Gasteiger partial charge in [0.2, 0.25) is 21.8 Å². The van der Waals surface area contributed by atoms with Gasteiger partial charge in [0.15, 0.2) is 0 Å². The van der Waals surface area contributed by atoms with Gasteiger partial charge in [-0.1, -0.05) is 18.2 Å². The Morgan fingerprint density at radius 3 is 2.46 bits per heavy atom. The van der Waals surface area contributed by atoms with Crippen molar-refractivity contribution in [2.45, 2.75) is 24.7 Å². The number of hydrogen-bond acceptors (Lipinski definition) is 4. The van der Waals surface area contributed by atoms with Crippen LogP contribution < -0.4 is 5.32 Å². The minimum Gasteiger partial charge on any atom is -0.354 e. The SMILES string of the molecule is CC(=O)N1CCCN(S(=O)(=O)c2ccccc2)CCC(=O)NCC1. The second kappa shape index (κ2) is 8.25. The fourth-order valence-corrected chi connectivity index (χ4v) is 4.10. The minimum absolute atomic E-state index is 0.0824. The van der Waals surface area contributed by atoms with Gasteiger partial charge in [-0.25, -0.2) is 8.42 Å². The first-order valence-electron chi connectivity index (χ1n) is 7.98. The molecule has 24 heavy (non-hydrogen) atoms. The Kier molecular flexibility index (Phi) is 6.33. The molecule has 2 rings (SSSR count). The summed E-state index contributed by atoms with van der Waals surface area (Å²) >= 11 is 0. The van der Waals surface area contributed by atoms with Gasteiger partial charge in [0.05, 0.1) is 4.90 Å². The fraction of sp³-hybridized carbons (Fsp3) is 0.500. The quantitative estimate of drug-likeness (QED) is 0.836. The summed E-state index contributed by atoms with van der Waals surface area (Å²) in [6.45, 7) is 3.15. The average Bonchev–Trinajstić information content (AvgIpc) is 2.60. The lowest BCUT2D eigenvalue weighted by atomic mass is 10.3. The normalized spacial score (nSPS) is 18.5. The highest BCUT2D eigenvalue weighted by Crippen LogP contribution is 2.16. The van der Waals surface area contributed by atoms with Crippen LogP contribution in [-0.2, 0) is 19.6 Å². The van der Waals surface area contributed by atoms with E-state index in [0.717, 1.165) is 0 Å². The van der Waals surface area contributed by atoms with Crippen LogP contribution in [0, 0.1) is 0 Å². The molecule has 0 aromatic heterocycles. The highest BCUT2D eigenvalue weighted by Gasteiger charge is 2.25. The first kappa shape index (κ1) is 18.4. The summed E-state index contributed by atoms with van der Waals surface area (Å²) in [7, 11) is -3.65. The van der Waals surface area contributed by atoms with Gasteiger partial charge in [0, 0.05) is 46.1 Å². The molecular weight excluding hydrogens is 330 g/mol. The van der Waals surface area contributed by atoms with Crippen molar-refractivity contribution < 1.29 is 18.0 Å². The van der Waals surface area contributed by atoms with Gasteiger partial charge >= 0.3 is 0 Å². The molecule has 1 aromatic rings. The predicted molar refractivity (Wildman–Crippen MR) is 89.7 cm³/mol. The van der Waals surface area contributed by atoms with Crippen LogP contribution in [0.1, 0.15) is 19.8 Å². The van der Waals surface area contributed by atoms with Crippen molar-refractivity contribution in [1.82, 2.24) is 14.5 Å². The average molecular weight is 353 g/mol. The van der Waals surface area contributed by atoms with Crippen molar-refractivity contribution in [2.24, 2.45) is 0 Å². The second-order valence-electron chi connectivity index (χ2n) is 5.68. The summed E-state index contributed by atoms with van der Waals surface area (Å²) in [4.78, 5) is 25.3. The molecule has 1 N–H and O–H groups in total. The molecule has 0 saturated carbocycles. The number of rotatable bonds is 2. The topological polar surface area (TPSA) is 86.8 Å². The lowest BCUT2D eigenvalue weighted by Gasteiger charge is -2.24. The molecule has 1 aliphatic heterocycles. The molecule has 0 unspecified atom stereocenters. The first-order valence-corrected chi connectivity index (χ1v) is 9.42. The number of amides is 2. The molecule has 0 spiro atoms. The smallest absolute Gasteiger partial charge is 0.243 e. The zero-order valence-corrected chi connectivity index (χ0v) is 14.6. The van der Waals surface area contributed by atoms with Crippen molar-refractivity contribution in [3.8, 4) is 0 Å². The number of carbonyl (C=O) groups is 2. The number of nitrogens with zero attached hydrogens (tertiary/aromatic N) is 2. The van der Waals surface area contributed by atoms with Gasteiger partial charge in [0.1, 0.15) is 0 Å². The van der Waals surface area contributed by atoms with E-state index in [1.165, 1.54) is 11.2 Å². The molecule has 1 saturated heterocycles. The van der Waals surface area contributed by atoms with E-state index in [1.54, 1.807) is 35.2 Å². The summed E-state index contributed by atoms with van der Waals surface area (Å²) in [5, 5.41) is 2.72. The van der Waals surface area contributed by atoms with Crippen molar-refractivity contribution in [3.63, 3.8) is 0 Å². The van der Waals surface area contributed by atoms with Crippen molar-refractivity contribution in [1.29, 1.82) is 0 Å². The summed E-state index contributed by atoms with van der Waals surface area (Å²) in [6.07, 6.45) is 0.631. The molecule has 1 heterocycles. The van der Waals surface area contributed by atoms with Crippen LogP contribution in [0.2, 0.25) is 0 Å². The standard InChI is InChI=1S/C16H23N3O4S/c1-14(20)18-10-5-11-19(12-8-16(21)17-9-13-18)24(22,23)15-6-3-2-4-7-15/h2-4,6-7H,5,8-13H2,1H3,(H,17,21). The van der Waals surface area contributed by atoms with Crippen LogP contribution in [0.4, 0.5) is 0 Å². The second-order valence-corrected chi connectivity index (χ2v) is 7.61. The van der Waals surface area contributed by atoms with Crippen molar-refractivity contribution in [3.05, 3.63) is 30.3 Å². The molecule has 132 valence electrons. The Morgan fingerprint density at radius 2 is 1.79 bits per heavy atom. The third-order valence-corrected chi connectivity index (χ3v) is 5.87. The molecule has 1 aromatic carbocycles. The largest absolute Gasteiger partial charge is 0.354 e. The van der Waals surface area contributed by atoms with Gasteiger partial charge in [-0.3, -0.25) is 9.59 Å². The Balaban J connectivity index is 2.18. The van der Waals surface area contributed by atoms with E-state index in [9.17, 15) is 18.0 Å². The Hall–Kier alpha value is -1.93. The third kappa shape index (κ3) is 4.78. The Labute approximate surface area is 142 Å². The zero-order chi connectivity index (χ0) is 17.6.